The molecule has 0 fully saturated rings. The number of aromatic nitrogens is 1. The highest BCUT2D eigenvalue weighted by Gasteiger charge is 2.43. The second kappa shape index (κ2) is 5.86. The molecule has 1 aromatic carbocycles. The molecule has 0 saturated heterocycles. The predicted octanol–water partition coefficient (Wildman–Crippen LogP) is 4.35. The number of hydrogen-bond acceptors (Lipinski definition) is 2. The second-order valence-electron chi connectivity index (χ2n) is 6.50. The quantitative estimate of drug-likeness (QED) is 0.913. The standard InChI is InChI=1S/C20H20FNO2/c1-12-4-7-17(14(3)18(12)21)20(19(23)24)9-8-15(10-20)16-6-5-13(2)22-11-16/h4-7,10-11H,8-9H2,1-3H3,(H,23,24). The summed E-state index contributed by atoms with van der Waals surface area (Å²) in [5, 5.41) is 9.93. The molecule has 0 radical (unpaired) electrons. The zero-order valence-electron chi connectivity index (χ0n) is 14.1. The SMILES string of the molecule is Cc1ccc(C2=CC(C(=O)O)(c3ccc(C)c(F)c3C)CC2)cn1. The molecule has 1 N–H and O–H groups in total. The normalized spacial score (nSPS) is 20.1. The number of pyridine rings is 1. The van der Waals surface area contributed by atoms with Crippen molar-refractivity contribution in [3.8, 4) is 0 Å². The second-order valence-corrected chi connectivity index (χ2v) is 6.50. The molecule has 4 heteroatoms. The first-order valence-corrected chi connectivity index (χ1v) is 7.99. The van der Waals surface area contributed by atoms with Crippen molar-refractivity contribution in [1.82, 2.24) is 4.98 Å². The number of rotatable bonds is 3. The van der Waals surface area contributed by atoms with E-state index < -0.39 is 11.4 Å². The van der Waals surface area contributed by atoms with Crippen LogP contribution in [0, 0.1) is 26.6 Å². The van der Waals surface area contributed by atoms with Gasteiger partial charge in [-0.25, -0.2) is 4.39 Å². The lowest BCUT2D eigenvalue weighted by atomic mass is 9.77. The van der Waals surface area contributed by atoms with Crippen molar-refractivity contribution in [3.63, 3.8) is 0 Å². The van der Waals surface area contributed by atoms with Crippen LogP contribution in [0.5, 0.6) is 0 Å². The van der Waals surface area contributed by atoms with Gasteiger partial charge in [-0.05, 0) is 67.5 Å². The van der Waals surface area contributed by atoms with Crippen LogP contribution in [0.1, 0.15) is 40.8 Å². The van der Waals surface area contributed by atoms with E-state index in [1.165, 1.54) is 0 Å². The van der Waals surface area contributed by atoms with Crippen LogP contribution in [-0.4, -0.2) is 16.1 Å². The molecule has 1 aromatic heterocycles. The molecule has 3 nitrogen and oxygen atoms in total. The summed E-state index contributed by atoms with van der Waals surface area (Å²) < 4.78 is 14.3. The maximum Gasteiger partial charge on any atom is 0.318 e. The lowest BCUT2D eigenvalue weighted by Crippen LogP contribution is -2.32. The van der Waals surface area contributed by atoms with Gasteiger partial charge in [0.1, 0.15) is 11.2 Å². The van der Waals surface area contributed by atoms with E-state index in [1.54, 1.807) is 38.3 Å². The van der Waals surface area contributed by atoms with Crippen molar-refractivity contribution in [2.75, 3.05) is 0 Å². The van der Waals surface area contributed by atoms with Gasteiger partial charge in [0.05, 0.1) is 0 Å². The monoisotopic (exact) mass is 325 g/mol. The largest absolute Gasteiger partial charge is 0.480 e. The van der Waals surface area contributed by atoms with Gasteiger partial charge in [-0.1, -0.05) is 24.3 Å². The van der Waals surface area contributed by atoms with E-state index in [1.807, 2.05) is 19.1 Å². The minimum Gasteiger partial charge on any atom is -0.480 e. The Kier molecular flexibility index (Phi) is 3.99. The number of benzene rings is 1. The summed E-state index contributed by atoms with van der Waals surface area (Å²) in [6, 6.07) is 7.26. The first kappa shape index (κ1) is 16.4. The van der Waals surface area contributed by atoms with Gasteiger partial charge in [0.25, 0.3) is 0 Å². The summed E-state index contributed by atoms with van der Waals surface area (Å²) in [5.74, 6) is -1.27. The maximum absolute atomic E-state index is 14.3. The van der Waals surface area contributed by atoms with Gasteiger partial charge in [0.15, 0.2) is 0 Å². The molecular formula is C20H20FNO2. The highest BCUT2D eigenvalue weighted by Crippen LogP contribution is 2.44. The van der Waals surface area contributed by atoms with Crippen molar-refractivity contribution in [2.45, 2.75) is 39.0 Å². The van der Waals surface area contributed by atoms with E-state index in [9.17, 15) is 14.3 Å². The Morgan fingerprint density at radius 3 is 2.58 bits per heavy atom. The fraction of sp³-hybridized carbons (Fsp3) is 0.300. The smallest absolute Gasteiger partial charge is 0.318 e. The molecule has 0 spiro atoms. The molecule has 1 atom stereocenters. The minimum atomic E-state index is -1.18. The van der Waals surface area contributed by atoms with E-state index in [0.29, 0.717) is 29.5 Å². The molecule has 1 unspecified atom stereocenters. The zero-order valence-corrected chi connectivity index (χ0v) is 14.1. The molecule has 124 valence electrons. The summed E-state index contributed by atoms with van der Waals surface area (Å²) >= 11 is 0. The van der Waals surface area contributed by atoms with Gasteiger partial charge in [-0.15, -0.1) is 0 Å². The van der Waals surface area contributed by atoms with Gasteiger partial charge >= 0.3 is 5.97 Å². The Labute approximate surface area is 140 Å². The van der Waals surface area contributed by atoms with Crippen LogP contribution in [-0.2, 0) is 10.2 Å². The van der Waals surface area contributed by atoms with Gasteiger partial charge in [0, 0.05) is 11.9 Å². The topological polar surface area (TPSA) is 50.2 Å². The molecule has 0 amide bonds. The number of carbonyl (C=O) groups is 1. The summed E-state index contributed by atoms with van der Waals surface area (Å²) in [6.45, 7) is 5.25. The lowest BCUT2D eigenvalue weighted by Gasteiger charge is -2.25. The summed E-state index contributed by atoms with van der Waals surface area (Å²) in [7, 11) is 0. The number of aryl methyl sites for hydroxylation is 2. The molecule has 24 heavy (non-hydrogen) atoms. The molecule has 1 aliphatic carbocycles. The molecule has 1 aliphatic rings. The highest BCUT2D eigenvalue weighted by molar-refractivity contribution is 5.90. The Morgan fingerprint density at radius 2 is 1.96 bits per heavy atom. The van der Waals surface area contributed by atoms with Crippen LogP contribution in [0.4, 0.5) is 4.39 Å². The van der Waals surface area contributed by atoms with E-state index in [-0.39, 0.29) is 5.82 Å². The van der Waals surface area contributed by atoms with Crippen molar-refractivity contribution < 1.29 is 14.3 Å². The van der Waals surface area contributed by atoms with Gasteiger partial charge < -0.3 is 5.11 Å². The van der Waals surface area contributed by atoms with E-state index in [2.05, 4.69) is 4.98 Å². The van der Waals surface area contributed by atoms with Crippen LogP contribution >= 0.6 is 0 Å². The molecular weight excluding hydrogens is 305 g/mol. The Bertz CT molecular complexity index is 839. The van der Waals surface area contributed by atoms with Crippen LogP contribution < -0.4 is 0 Å². The Balaban J connectivity index is 2.13. The lowest BCUT2D eigenvalue weighted by molar-refractivity contribution is -0.141. The molecule has 2 aromatic rings. The number of aliphatic carboxylic acids is 1. The van der Waals surface area contributed by atoms with Crippen molar-refractivity contribution >= 4 is 11.5 Å². The predicted molar refractivity (Wildman–Crippen MR) is 91.4 cm³/mol. The first-order valence-electron chi connectivity index (χ1n) is 7.99. The van der Waals surface area contributed by atoms with Crippen LogP contribution in [0.25, 0.3) is 5.57 Å². The van der Waals surface area contributed by atoms with E-state index in [4.69, 9.17) is 0 Å². The van der Waals surface area contributed by atoms with Crippen LogP contribution in [0.15, 0.2) is 36.5 Å². The average Bonchev–Trinajstić information content (AvgIpc) is 3.00. The van der Waals surface area contributed by atoms with Gasteiger partial charge in [-0.2, -0.15) is 0 Å². The molecule has 3 rings (SSSR count). The van der Waals surface area contributed by atoms with Crippen molar-refractivity contribution in [2.24, 2.45) is 0 Å². The van der Waals surface area contributed by atoms with Crippen molar-refractivity contribution in [1.29, 1.82) is 0 Å². The molecule has 0 saturated carbocycles. The summed E-state index contributed by atoms with van der Waals surface area (Å²) in [6.07, 6.45) is 4.60. The summed E-state index contributed by atoms with van der Waals surface area (Å²) in [4.78, 5) is 16.4. The Morgan fingerprint density at radius 1 is 1.21 bits per heavy atom. The van der Waals surface area contributed by atoms with E-state index >= 15 is 0 Å². The number of nitrogens with zero attached hydrogens (tertiary/aromatic N) is 1. The number of hydrogen-bond donors (Lipinski definition) is 1. The zero-order chi connectivity index (χ0) is 17.5. The molecule has 0 bridgehead atoms. The average molecular weight is 325 g/mol. The fourth-order valence-electron chi connectivity index (χ4n) is 3.46. The first-order chi connectivity index (χ1) is 11.3. The number of carboxylic acid groups (broad SMARTS) is 1. The fourth-order valence-corrected chi connectivity index (χ4v) is 3.46. The number of carboxylic acids is 1. The van der Waals surface area contributed by atoms with E-state index in [0.717, 1.165) is 16.8 Å². The molecule has 0 aliphatic heterocycles. The van der Waals surface area contributed by atoms with Gasteiger partial charge in [-0.3, -0.25) is 9.78 Å². The maximum atomic E-state index is 14.3. The van der Waals surface area contributed by atoms with Gasteiger partial charge in [0.2, 0.25) is 0 Å². The van der Waals surface area contributed by atoms with Crippen LogP contribution in [0.3, 0.4) is 0 Å². The Hall–Kier alpha value is -2.49. The highest BCUT2D eigenvalue weighted by atomic mass is 19.1. The third kappa shape index (κ3) is 2.52. The van der Waals surface area contributed by atoms with Crippen molar-refractivity contribution in [3.05, 3.63) is 70.3 Å². The molecule has 1 heterocycles. The third-order valence-electron chi connectivity index (χ3n) is 4.93. The number of halogens is 1. The third-order valence-corrected chi connectivity index (χ3v) is 4.93. The number of allylic oxidation sites excluding steroid dienone is 1. The minimum absolute atomic E-state index is 0.327. The summed E-state index contributed by atoms with van der Waals surface area (Å²) in [5.41, 5.74) is 3.09. The van der Waals surface area contributed by atoms with Crippen LogP contribution in [0.2, 0.25) is 0 Å².